The van der Waals surface area contributed by atoms with E-state index in [1.165, 1.54) is 19.3 Å². The van der Waals surface area contributed by atoms with Gasteiger partial charge in [-0.15, -0.1) is 10.9 Å². The van der Waals surface area contributed by atoms with Crippen molar-refractivity contribution in [2.75, 3.05) is 20.2 Å². The molecule has 19 heavy (non-hydrogen) atoms. The minimum Gasteiger partial charge on any atom is -0.465 e. The fraction of sp³-hybridized carbons (Fsp3) is 0.417. The molecule has 2 N–H and O–H groups in total. The third kappa shape index (κ3) is 3.37. The zero-order valence-corrected chi connectivity index (χ0v) is 12.0. The second-order valence-electron chi connectivity index (χ2n) is 3.63. The smallest absolute Gasteiger partial charge is 0.343 e. The largest absolute Gasteiger partial charge is 0.465 e. The van der Waals surface area contributed by atoms with Crippen LogP contribution in [0.2, 0.25) is 0 Å². The van der Waals surface area contributed by atoms with Crippen molar-refractivity contribution in [3.05, 3.63) is 22.0 Å². The van der Waals surface area contributed by atoms with Crippen LogP contribution in [0.5, 0.6) is 0 Å². The highest BCUT2D eigenvalue weighted by Gasteiger charge is 2.33. The van der Waals surface area contributed by atoms with E-state index >= 15 is 0 Å². The van der Waals surface area contributed by atoms with Gasteiger partial charge >= 0.3 is 5.97 Å². The van der Waals surface area contributed by atoms with Crippen molar-refractivity contribution >= 4 is 28.0 Å². The lowest BCUT2D eigenvalue weighted by Gasteiger charge is -2.20. The number of methoxy groups -OCH3 is 1. The van der Waals surface area contributed by atoms with Crippen molar-refractivity contribution in [2.45, 2.75) is 13.8 Å². The van der Waals surface area contributed by atoms with Crippen LogP contribution in [0.1, 0.15) is 13.8 Å². The van der Waals surface area contributed by atoms with Crippen LogP contribution >= 0.6 is 10.9 Å². The number of hydrogen-bond donors (Lipinski definition) is 3. The molecule has 7 heteroatoms. The standard InChI is InChI=1S/C12H18N2O4S/c1-4-13-10(15)8-6-7-9(11(16)18-3)19(8)12(17)14-5-2/h6-7,19H,4-5H2,1-3H3,(H,13,15)(H,14,17). The molecular formula is C12H18N2O4S. The van der Waals surface area contributed by atoms with E-state index in [4.69, 9.17) is 0 Å². The Balaban J connectivity index is 2.99. The van der Waals surface area contributed by atoms with E-state index < -0.39 is 16.9 Å². The summed E-state index contributed by atoms with van der Waals surface area (Å²) in [6.45, 7) is 4.47. The lowest BCUT2D eigenvalue weighted by atomic mass is 10.4. The number of carbonyl (C=O) groups is 3. The average molecular weight is 286 g/mol. The lowest BCUT2D eigenvalue weighted by Crippen LogP contribution is -2.29. The molecule has 1 aliphatic rings. The van der Waals surface area contributed by atoms with Gasteiger partial charge in [0.1, 0.15) is 0 Å². The molecular weight excluding hydrogens is 268 g/mol. The molecule has 0 bridgehead atoms. The third-order valence-corrected chi connectivity index (χ3v) is 4.59. The van der Waals surface area contributed by atoms with Gasteiger partial charge in [0.15, 0.2) is 0 Å². The van der Waals surface area contributed by atoms with E-state index in [1.807, 2.05) is 0 Å². The molecule has 0 fully saturated rings. The molecule has 0 aromatic rings. The highest BCUT2D eigenvalue weighted by atomic mass is 32.2. The van der Waals surface area contributed by atoms with Gasteiger partial charge in [-0.3, -0.25) is 9.59 Å². The molecule has 0 saturated heterocycles. The lowest BCUT2D eigenvalue weighted by molar-refractivity contribution is -0.135. The van der Waals surface area contributed by atoms with Gasteiger partial charge in [0, 0.05) is 13.1 Å². The summed E-state index contributed by atoms with van der Waals surface area (Å²) in [4.78, 5) is 36.1. The first-order valence-corrected chi connectivity index (χ1v) is 7.27. The van der Waals surface area contributed by atoms with Gasteiger partial charge in [0.05, 0.1) is 16.9 Å². The predicted molar refractivity (Wildman–Crippen MR) is 74.9 cm³/mol. The monoisotopic (exact) mass is 286 g/mol. The first-order valence-electron chi connectivity index (χ1n) is 5.93. The number of amides is 2. The zero-order chi connectivity index (χ0) is 14.4. The zero-order valence-electron chi connectivity index (χ0n) is 11.1. The van der Waals surface area contributed by atoms with E-state index in [0.717, 1.165) is 0 Å². The number of rotatable bonds is 4. The molecule has 1 unspecified atom stereocenters. The van der Waals surface area contributed by atoms with Gasteiger partial charge < -0.3 is 15.4 Å². The van der Waals surface area contributed by atoms with Crippen LogP contribution in [0.25, 0.3) is 0 Å². The number of hydrogen-bond acceptors (Lipinski definition) is 4. The van der Waals surface area contributed by atoms with Crippen LogP contribution in [0.3, 0.4) is 0 Å². The fourth-order valence-corrected chi connectivity index (χ4v) is 3.59. The van der Waals surface area contributed by atoms with E-state index in [-0.39, 0.29) is 16.1 Å². The number of thiol groups is 1. The summed E-state index contributed by atoms with van der Waals surface area (Å²) in [6.07, 6.45) is 3.00. The summed E-state index contributed by atoms with van der Waals surface area (Å²) >= 11 is 0. The number of allylic oxidation sites excluding steroid dienone is 2. The highest BCUT2D eigenvalue weighted by molar-refractivity contribution is 8.37. The topological polar surface area (TPSA) is 84.5 Å². The Labute approximate surface area is 114 Å². The van der Waals surface area contributed by atoms with Gasteiger partial charge in [-0.05, 0) is 26.0 Å². The predicted octanol–water partition coefficient (Wildman–Crippen LogP) is 0.808. The molecule has 0 saturated carbocycles. The molecule has 1 aliphatic heterocycles. The first kappa shape index (κ1) is 15.3. The Morgan fingerprint density at radius 1 is 1.11 bits per heavy atom. The molecule has 1 atom stereocenters. The van der Waals surface area contributed by atoms with Crippen molar-refractivity contribution in [3.8, 4) is 0 Å². The summed E-state index contributed by atoms with van der Waals surface area (Å²) in [5.41, 5.74) is 0. The maximum absolute atomic E-state index is 12.0. The molecule has 2 amide bonds. The SMILES string of the molecule is CCNC(=O)C1=CC=C(C(=O)OC)[SH]1C(=O)NCC. The fourth-order valence-electron chi connectivity index (χ4n) is 1.58. The van der Waals surface area contributed by atoms with Gasteiger partial charge in [-0.2, -0.15) is 0 Å². The van der Waals surface area contributed by atoms with Gasteiger partial charge in [0.2, 0.25) is 0 Å². The minimum absolute atomic E-state index is 0.240. The van der Waals surface area contributed by atoms with Crippen molar-refractivity contribution in [1.82, 2.24) is 10.6 Å². The van der Waals surface area contributed by atoms with Crippen molar-refractivity contribution in [1.29, 1.82) is 0 Å². The number of ether oxygens (including phenoxy) is 1. The van der Waals surface area contributed by atoms with Crippen LogP contribution in [0.15, 0.2) is 22.0 Å². The van der Waals surface area contributed by atoms with Gasteiger partial charge in [0.25, 0.3) is 11.1 Å². The van der Waals surface area contributed by atoms with E-state index in [9.17, 15) is 14.4 Å². The number of nitrogens with one attached hydrogen (secondary N) is 2. The summed E-state index contributed by atoms with van der Waals surface area (Å²) in [5, 5.41) is 4.96. The molecule has 0 aromatic heterocycles. The highest BCUT2D eigenvalue weighted by Crippen LogP contribution is 2.48. The summed E-state index contributed by atoms with van der Waals surface area (Å²) < 4.78 is 4.64. The molecule has 0 aromatic carbocycles. The van der Waals surface area contributed by atoms with Gasteiger partial charge in [-0.25, -0.2) is 4.79 Å². The summed E-state index contributed by atoms with van der Waals surface area (Å²) in [5.74, 6) is -0.900. The Morgan fingerprint density at radius 3 is 2.21 bits per heavy atom. The second-order valence-corrected chi connectivity index (χ2v) is 5.67. The van der Waals surface area contributed by atoms with E-state index in [1.54, 1.807) is 13.8 Å². The Kier molecular flexibility index (Phi) is 5.62. The van der Waals surface area contributed by atoms with Crippen molar-refractivity contribution < 1.29 is 19.1 Å². The maximum Gasteiger partial charge on any atom is 0.343 e. The third-order valence-electron chi connectivity index (χ3n) is 2.38. The summed E-state index contributed by atoms with van der Waals surface area (Å²) in [6, 6.07) is 0. The molecule has 0 radical (unpaired) electrons. The van der Waals surface area contributed by atoms with E-state index in [2.05, 4.69) is 15.4 Å². The number of likely N-dealkylation sites (N-methyl/N-ethyl adjacent to an activating group) is 1. The van der Waals surface area contributed by atoms with Crippen LogP contribution < -0.4 is 10.6 Å². The molecule has 6 nitrogen and oxygen atoms in total. The Bertz CT molecular complexity index is 457. The second kappa shape index (κ2) is 6.98. The van der Waals surface area contributed by atoms with Crippen LogP contribution in [-0.2, 0) is 14.3 Å². The van der Waals surface area contributed by atoms with Crippen molar-refractivity contribution in [3.63, 3.8) is 0 Å². The maximum atomic E-state index is 12.0. The minimum atomic E-state index is -1.65. The number of carbonyl (C=O) groups excluding carboxylic acids is 3. The van der Waals surface area contributed by atoms with Crippen LogP contribution in [0.4, 0.5) is 4.79 Å². The Morgan fingerprint density at radius 2 is 1.68 bits per heavy atom. The average Bonchev–Trinajstić information content (AvgIpc) is 2.83. The van der Waals surface area contributed by atoms with Crippen LogP contribution in [0, 0.1) is 0 Å². The molecule has 106 valence electrons. The summed E-state index contributed by atoms with van der Waals surface area (Å²) in [7, 11) is -0.401. The van der Waals surface area contributed by atoms with Crippen molar-refractivity contribution in [2.24, 2.45) is 0 Å². The molecule has 0 spiro atoms. The van der Waals surface area contributed by atoms with E-state index in [0.29, 0.717) is 18.0 Å². The normalized spacial score (nSPS) is 19.2. The quantitative estimate of drug-likeness (QED) is 0.527. The molecule has 1 heterocycles. The Hall–Kier alpha value is -1.76. The van der Waals surface area contributed by atoms with Crippen LogP contribution in [-0.4, -0.2) is 37.3 Å². The number of esters is 1. The van der Waals surface area contributed by atoms with Gasteiger partial charge in [-0.1, -0.05) is 0 Å². The molecule has 0 aliphatic carbocycles. The first-order chi connectivity index (χ1) is 9.06. The molecule has 1 rings (SSSR count).